The lowest BCUT2D eigenvalue weighted by Gasteiger charge is -2.17. The van der Waals surface area contributed by atoms with Gasteiger partial charge in [0, 0.05) is 41.9 Å². The number of hydrogen-bond donors (Lipinski definition) is 3. The molecule has 4 rings (SSSR count). The SMILES string of the molecule is Cc1cc(N2CCCC2)nc(Nc2ccc(NC(=O)Nc3ccccc3C)cc2)n1. The summed E-state index contributed by atoms with van der Waals surface area (Å²) < 4.78 is 0. The minimum Gasteiger partial charge on any atom is -0.356 e. The quantitative estimate of drug-likeness (QED) is 0.554. The summed E-state index contributed by atoms with van der Waals surface area (Å²) in [7, 11) is 0. The topological polar surface area (TPSA) is 82.2 Å². The van der Waals surface area contributed by atoms with Crippen molar-refractivity contribution in [3.63, 3.8) is 0 Å². The van der Waals surface area contributed by atoms with E-state index in [1.54, 1.807) is 0 Å². The molecule has 7 nitrogen and oxygen atoms in total. The molecule has 1 fully saturated rings. The highest BCUT2D eigenvalue weighted by atomic mass is 16.2. The Balaban J connectivity index is 1.39. The number of nitrogens with zero attached hydrogens (tertiary/aromatic N) is 3. The molecule has 154 valence electrons. The minimum atomic E-state index is -0.276. The predicted octanol–water partition coefficient (Wildman–Crippen LogP) is 5.08. The highest BCUT2D eigenvalue weighted by Gasteiger charge is 2.15. The number of hydrogen-bond acceptors (Lipinski definition) is 5. The zero-order chi connectivity index (χ0) is 20.9. The first-order valence-corrected chi connectivity index (χ1v) is 10.2. The van der Waals surface area contributed by atoms with Gasteiger partial charge in [0.05, 0.1) is 0 Å². The summed E-state index contributed by atoms with van der Waals surface area (Å²) in [6, 6.07) is 16.9. The Labute approximate surface area is 176 Å². The van der Waals surface area contributed by atoms with Gasteiger partial charge in [0.1, 0.15) is 5.82 Å². The second-order valence-electron chi connectivity index (χ2n) is 7.48. The monoisotopic (exact) mass is 402 g/mol. The fourth-order valence-electron chi connectivity index (χ4n) is 3.48. The highest BCUT2D eigenvalue weighted by molar-refractivity contribution is 6.00. The average molecular weight is 403 g/mol. The van der Waals surface area contributed by atoms with E-state index in [-0.39, 0.29) is 6.03 Å². The molecule has 0 unspecified atom stereocenters. The number of amides is 2. The lowest BCUT2D eigenvalue weighted by molar-refractivity contribution is 0.262. The maximum Gasteiger partial charge on any atom is 0.323 e. The van der Waals surface area contributed by atoms with Gasteiger partial charge in [-0.3, -0.25) is 0 Å². The standard InChI is InChI=1S/C23H26N6O/c1-16-7-3-4-8-20(16)27-23(30)26-19-11-9-18(10-12-19)25-22-24-17(2)15-21(28-22)29-13-5-6-14-29/h3-4,7-12,15H,5-6,13-14H2,1-2H3,(H,24,25,28)(H2,26,27,30). The number of nitrogens with one attached hydrogen (secondary N) is 3. The number of carbonyl (C=O) groups excluding carboxylic acids is 1. The first kappa shape index (κ1) is 19.7. The highest BCUT2D eigenvalue weighted by Crippen LogP contribution is 2.22. The van der Waals surface area contributed by atoms with E-state index in [0.29, 0.717) is 11.6 Å². The van der Waals surface area contributed by atoms with E-state index < -0.39 is 0 Å². The number of para-hydroxylation sites is 1. The molecule has 0 spiro atoms. The van der Waals surface area contributed by atoms with Crippen molar-refractivity contribution in [2.75, 3.05) is 33.9 Å². The van der Waals surface area contributed by atoms with Crippen LogP contribution in [0.2, 0.25) is 0 Å². The van der Waals surface area contributed by atoms with Crippen LogP contribution in [0.1, 0.15) is 24.1 Å². The molecule has 2 heterocycles. The third-order valence-corrected chi connectivity index (χ3v) is 5.06. The summed E-state index contributed by atoms with van der Waals surface area (Å²) in [6.45, 7) is 6.02. The van der Waals surface area contributed by atoms with Crippen LogP contribution in [-0.4, -0.2) is 29.1 Å². The third kappa shape index (κ3) is 4.86. The number of urea groups is 1. The van der Waals surface area contributed by atoms with E-state index in [9.17, 15) is 4.79 Å². The van der Waals surface area contributed by atoms with Gasteiger partial charge < -0.3 is 20.9 Å². The summed E-state index contributed by atoms with van der Waals surface area (Å²) in [6.07, 6.45) is 2.41. The van der Waals surface area contributed by atoms with Crippen LogP contribution in [0.15, 0.2) is 54.6 Å². The van der Waals surface area contributed by atoms with Crippen molar-refractivity contribution in [3.05, 3.63) is 65.9 Å². The van der Waals surface area contributed by atoms with Crippen molar-refractivity contribution >= 4 is 34.9 Å². The van der Waals surface area contributed by atoms with Crippen molar-refractivity contribution in [2.45, 2.75) is 26.7 Å². The van der Waals surface area contributed by atoms with Crippen LogP contribution < -0.4 is 20.9 Å². The second-order valence-corrected chi connectivity index (χ2v) is 7.48. The summed E-state index contributed by atoms with van der Waals surface area (Å²) in [5.41, 5.74) is 4.30. The van der Waals surface area contributed by atoms with Gasteiger partial charge in [0.15, 0.2) is 0 Å². The fraction of sp³-hybridized carbons (Fsp3) is 0.261. The average Bonchev–Trinajstić information content (AvgIpc) is 3.26. The summed E-state index contributed by atoms with van der Waals surface area (Å²) in [5.74, 6) is 1.54. The van der Waals surface area contributed by atoms with Gasteiger partial charge in [-0.1, -0.05) is 18.2 Å². The van der Waals surface area contributed by atoms with E-state index in [1.165, 1.54) is 12.8 Å². The van der Waals surface area contributed by atoms with Crippen molar-refractivity contribution in [1.29, 1.82) is 0 Å². The first-order valence-electron chi connectivity index (χ1n) is 10.2. The zero-order valence-corrected chi connectivity index (χ0v) is 17.3. The molecule has 2 amide bonds. The number of carbonyl (C=O) groups is 1. The van der Waals surface area contributed by atoms with Crippen LogP contribution >= 0.6 is 0 Å². The molecule has 0 aliphatic carbocycles. The summed E-state index contributed by atoms with van der Waals surface area (Å²) >= 11 is 0. The molecule has 0 bridgehead atoms. The van der Waals surface area contributed by atoms with E-state index in [4.69, 9.17) is 0 Å². The Morgan fingerprint density at radius 2 is 1.60 bits per heavy atom. The molecule has 0 radical (unpaired) electrons. The molecule has 0 atom stereocenters. The number of aryl methyl sites for hydroxylation is 2. The number of benzene rings is 2. The molecule has 1 aromatic heterocycles. The van der Waals surface area contributed by atoms with E-state index in [1.807, 2.05) is 68.4 Å². The van der Waals surface area contributed by atoms with Crippen LogP contribution in [0.5, 0.6) is 0 Å². The Bertz CT molecular complexity index is 1030. The number of rotatable bonds is 5. The zero-order valence-electron chi connectivity index (χ0n) is 17.3. The summed E-state index contributed by atoms with van der Waals surface area (Å²) in [5, 5.41) is 8.97. The van der Waals surface area contributed by atoms with Gasteiger partial charge in [0.2, 0.25) is 5.95 Å². The fourth-order valence-corrected chi connectivity index (χ4v) is 3.48. The molecule has 3 N–H and O–H groups in total. The van der Waals surface area contributed by atoms with Crippen LogP contribution in [0, 0.1) is 13.8 Å². The normalized spacial score (nSPS) is 13.2. The Morgan fingerprint density at radius 3 is 2.33 bits per heavy atom. The van der Waals surface area contributed by atoms with E-state index in [2.05, 4.69) is 30.8 Å². The molecule has 0 saturated carbocycles. The minimum absolute atomic E-state index is 0.276. The van der Waals surface area contributed by atoms with E-state index in [0.717, 1.165) is 41.5 Å². The molecule has 30 heavy (non-hydrogen) atoms. The molecule has 1 saturated heterocycles. The van der Waals surface area contributed by atoms with Gasteiger partial charge in [0.25, 0.3) is 0 Å². The molecule has 7 heteroatoms. The third-order valence-electron chi connectivity index (χ3n) is 5.06. The lowest BCUT2D eigenvalue weighted by Crippen LogP contribution is -2.20. The maximum absolute atomic E-state index is 12.2. The Morgan fingerprint density at radius 1 is 0.900 bits per heavy atom. The maximum atomic E-state index is 12.2. The largest absolute Gasteiger partial charge is 0.356 e. The van der Waals surface area contributed by atoms with Gasteiger partial charge in [-0.25, -0.2) is 9.78 Å². The van der Waals surface area contributed by atoms with Crippen molar-refractivity contribution in [1.82, 2.24) is 9.97 Å². The number of anilines is 5. The van der Waals surface area contributed by atoms with Gasteiger partial charge in [-0.05, 0) is 62.6 Å². The van der Waals surface area contributed by atoms with Crippen molar-refractivity contribution < 1.29 is 4.79 Å². The Kier molecular flexibility index (Phi) is 5.79. The van der Waals surface area contributed by atoms with Crippen molar-refractivity contribution in [2.24, 2.45) is 0 Å². The van der Waals surface area contributed by atoms with Crippen LogP contribution in [0.25, 0.3) is 0 Å². The molecule has 2 aromatic carbocycles. The molecule has 3 aromatic rings. The first-order chi connectivity index (χ1) is 14.6. The molecule has 1 aliphatic rings. The second kappa shape index (κ2) is 8.82. The molecule has 1 aliphatic heterocycles. The Hall–Kier alpha value is -3.61. The van der Waals surface area contributed by atoms with Crippen molar-refractivity contribution in [3.8, 4) is 0 Å². The van der Waals surface area contributed by atoms with Gasteiger partial charge >= 0.3 is 6.03 Å². The van der Waals surface area contributed by atoms with E-state index >= 15 is 0 Å². The lowest BCUT2D eigenvalue weighted by atomic mass is 10.2. The smallest absolute Gasteiger partial charge is 0.323 e. The van der Waals surface area contributed by atoms with Gasteiger partial charge in [-0.2, -0.15) is 4.98 Å². The predicted molar refractivity (Wildman–Crippen MR) is 122 cm³/mol. The van der Waals surface area contributed by atoms with Crippen LogP contribution in [0.3, 0.4) is 0 Å². The molecular weight excluding hydrogens is 376 g/mol. The van der Waals surface area contributed by atoms with Crippen LogP contribution in [0.4, 0.5) is 33.6 Å². The van der Waals surface area contributed by atoms with Crippen LogP contribution in [-0.2, 0) is 0 Å². The molecular formula is C23H26N6O. The van der Waals surface area contributed by atoms with Gasteiger partial charge in [-0.15, -0.1) is 0 Å². The summed E-state index contributed by atoms with van der Waals surface area (Å²) in [4.78, 5) is 23.7. The number of aromatic nitrogens is 2.